The number of hydrogen-bond acceptors (Lipinski definition) is 5. The Morgan fingerprint density at radius 2 is 1.70 bits per heavy atom. The van der Waals surface area contributed by atoms with Crippen molar-refractivity contribution in [3.05, 3.63) is 95.7 Å². The van der Waals surface area contributed by atoms with Crippen LogP contribution in [0, 0.1) is 0 Å². The Balaban J connectivity index is 1.60. The van der Waals surface area contributed by atoms with Gasteiger partial charge in [-0.05, 0) is 47.5 Å². The van der Waals surface area contributed by atoms with E-state index >= 15 is 0 Å². The Bertz CT molecular complexity index is 1390. The molecule has 1 atom stereocenters. The molecule has 0 saturated heterocycles. The summed E-state index contributed by atoms with van der Waals surface area (Å²) in [4.78, 5) is 14.9. The van der Waals surface area contributed by atoms with Crippen LogP contribution in [-0.2, 0) is 37.4 Å². The highest BCUT2D eigenvalue weighted by Gasteiger charge is 2.31. The minimum Gasteiger partial charge on any atom is -0.331 e. The number of benzene rings is 2. The van der Waals surface area contributed by atoms with Gasteiger partial charge in [-0.3, -0.25) is 4.79 Å². The number of hydrogen-bond donors (Lipinski definition) is 0. The summed E-state index contributed by atoms with van der Waals surface area (Å²) in [6.45, 7) is -0.00590. The van der Waals surface area contributed by atoms with Crippen molar-refractivity contribution in [2.75, 3.05) is 12.0 Å². The zero-order valence-corrected chi connectivity index (χ0v) is 19.7. The maximum absolute atomic E-state index is 13.3. The van der Waals surface area contributed by atoms with Crippen LogP contribution in [0.3, 0.4) is 0 Å². The zero-order chi connectivity index (χ0) is 23.6. The summed E-state index contributed by atoms with van der Waals surface area (Å²) < 4.78 is 50.5. The van der Waals surface area contributed by atoms with Crippen molar-refractivity contribution in [1.82, 2.24) is 9.47 Å². The number of nitrogens with zero attached hydrogens (tertiary/aromatic N) is 2. The zero-order valence-electron chi connectivity index (χ0n) is 18.0. The highest BCUT2D eigenvalue weighted by atomic mass is 32.2. The van der Waals surface area contributed by atoms with Gasteiger partial charge in [0.15, 0.2) is 19.7 Å². The normalized spacial score (nSPS) is 17.2. The van der Waals surface area contributed by atoms with E-state index in [9.17, 15) is 21.6 Å². The van der Waals surface area contributed by atoms with E-state index in [1.54, 1.807) is 18.2 Å². The van der Waals surface area contributed by atoms with E-state index in [1.807, 2.05) is 53.4 Å². The lowest BCUT2D eigenvalue weighted by molar-refractivity contribution is -0.132. The molecule has 1 aliphatic rings. The molecular formula is C24H24N2O5S2. The van der Waals surface area contributed by atoms with Crippen LogP contribution in [0.15, 0.2) is 89.4 Å². The third-order valence-electron chi connectivity index (χ3n) is 5.54. The average molecular weight is 485 g/mol. The summed E-state index contributed by atoms with van der Waals surface area (Å²) in [7, 11) is -6.92. The smallest absolute Gasteiger partial charge is 0.227 e. The Morgan fingerprint density at radius 3 is 2.30 bits per heavy atom. The first kappa shape index (κ1) is 23.0. The fourth-order valence-corrected chi connectivity index (χ4v) is 6.13. The van der Waals surface area contributed by atoms with Crippen LogP contribution in [0.1, 0.15) is 11.1 Å². The number of sulfone groups is 2. The molecule has 1 unspecified atom stereocenters. The Morgan fingerprint density at radius 1 is 1.03 bits per heavy atom. The number of rotatable bonds is 7. The molecule has 4 rings (SSSR count). The van der Waals surface area contributed by atoms with Crippen LogP contribution in [0.25, 0.3) is 5.69 Å². The summed E-state index contributed by atoms with van der Waals surface area (Å²) >= 11 is 0. The van der Waals surface area contributed by atoms with Crippen LogP contribution in [0.2, 0.25) is 0 Å². The molecule has 9 heteroatoms. The summed E-state index contributed by atoms with van der Waals surface area (Å²) in [5, 5.41) is 1.12. The van der Waals surface area contributed by atoms with Crippen molar-refractivity contribution in [1.29, 1.82) is 0 Å². The maximum Gasteiger partial charge on any atom is 0.227 e. The minimum absolute atomic E-state index is 0.00590. The van der Waals surface area contributed by atoms with Crippen molar-refractivity contribution in [3.63, 3.8) is 0 Å². The van der Waals surface area contributed by atoms with Gasteiger partial charge in [-0.1, -0.05) is 30.3 Å². The first-order valence-electron chi connectivity index (χ1n) is 10.3. The molecule has 0 fully saturated rings. The van der Waals surface area contributed by atoms with Gasteiger partial charge in [-0.15, -0.1) is 0 Å². The molecule has 172 valence electrons. The number of carbonyl (C=O) groups excluding carboxylic acids is 1. The predicted molar refractivity (Wildman–Crippen MR) is 126 cm³/mol. The molecule has 0 N–H and O–H groups in total. The molecular weight excluding hydrogens is 460 g/mol. The van der Waals surface area contributed by atoms with Crippen molar-refractivity contribution >= 4 is 25.6 Å². The number of amides is 1. The van der Waals surface area contributed by atoms with E-state index in [0.29, 0.717) is 5.56 Å². The molecule has 2 aromatic carbocycles. The van der Waals surface area contributed by atoms with E-state index in [-0.39, 0.29) is 29.5 Å². The fourth-order valence-electron chi connectivity index (χ4n) is 3.89. The second-order valence-electron chi connectivity index (χ2n) is 8.06. The summed E-state index contributed by atoms with van der Waals surface area (Å²) in [6, 6.07) is 17.2. The fraction of sp³-hybridized carbons (Fsp3) is 0.208. The van der Waals surface area contributed by atoms with Crippen LogP contribution in [0.5, 0.6) is 0 Å². The Hall–Kier alpha value is -3.17. The lowest BCUT2D eigenvalue weighted by atomic mass is 10.1. The largest absolute Gasteiger partial charge is 0.331 e. The lowest BCUT2D eigenvalue weighted by Gasteiger charge is -2.28. The van der Waals surface area contributed by atoms with E-state index in [2.05, 4.69) is 0 Å². The highest BCUT2D eigenvalue weighted by Crippen LogP contribution is 2.23. The molecule has 0 saturated carbocycles. The van der Waals surface area contributed by atoms with Gasteiger partial charge < -0.3 is 9.47 Å². The number of aromatic nitrogens is 1. The topological polar surface area (TPSA) is 93.5 Å². The van der Waals surface area contributed by atoms with E-state index < -0.39 is 25.7 Å². The van der Waals surface area contributed by atoms with Gasteiger partial charge in [-0.25, -0.2) is 16.8 Å². The van der Waals surface area contributed by atoms with Crippen LogP contribution in [0.4, 0.5) is 0 Å². The van der Waals surface area contributed by atoms with Gasteiger partial charge in [0.25, 0.3) is 0 Å². The van der Waals surface area contributed by atoms with Gasteiger partial charge in [0, 0.05) is 36.3 Å². The SMILES string of the molecule is CS(=O)(=O)c1ccccc1CN(C(=O)Cc1ccc(-n2cccc2)cc1)C1C=CS(=O)(=O)C1. The van der Waals surface area contributed by atoms with Gasteiger partial charge in [-0.2, -0.15) is 0 Å². The van der Waals surface area contributed by atoms with Gasteiger partial charge in [0.05, 0.1) is 23.1 Å². The monoisotopic (exact) mass is 484 g/mol. The van der Waals surface area contributed by atoms with Crippen LogP contribution in [-0.4, -0.2) is 50.3 Å². The quantitative estimate of drug-likeness (QED) is 0.514. The summed E-state index contributed by atoms with van der Waals surface area (Å²) in [5.74, 6) is -0.495. The van der Waals surface area contributed by atoms with Crippen LogP contribution < -0.4 is 0 Å². The summed E-state index contributed by atoms with van der Waals surface area (Å²) in [5.41, 5.74) is 2.19. The molecule has 0 bridgehead atoms. The molecule has 1 aliphatic heterocycles. The Labute approximate surface area is 193 Å². The maximum atomic E-state index is 13.3. The van der Waals surface area contributed by atoms with Crippen molar-refractivity contribution < 1.29 is 21.6 Å². The molecule has 1 aromatic heterocycles. The second-order valence-corrected chi connectivity index (χ2v) is 12.0. The van der Waals surface area contributed by atoms with E-state index in [0.717, 1.165) is 22.9 Å². The third-order valence-corrected chi connectivity index (χ3v) is 8.11. The molecule has 0 aliphatic carbocycles. The lowest BCUT2D eigenvalue weighted by Crippen LogP contribution is -2.41. The van der Waals surface area contributed by atoms with Gasteiger partial charge in [0.1, 0.15) is 0 Å². The molecule has 0 spiro atoms. The van der Waals surface area contributed by atoms with Crippen LogP contribution >= 0.6 is 0 Å². The second kappa shape index (κ2) is 8.99. The first-order valence-corrected chi connectivity index (χ1v) is 13.9. The first-order chi connectivity index (χ1) is 15.6. The molecule has 2 heterocycles. The molecule has 0 radical (unpaired) electrons. The minimum atomic E-state index is -3.51. The predicted octanol–water partition coefficient (Wildman–Crippen LogP) is 2.76. The Kier molecular flexibility index (Phi) is 6.27. The van der Waals surface area contributed by atoms with E-state index in [4.69, 9.17) is 0 Å². The standard InChI is InChI=1S/C24H24N2O5S2/c1-32(28,29)23-7-3-2-6-20(23)17-26(22-12-15-33(30,31)18-22)24(27)16-19-8-10-21(11-9-19)25-13-4-5-14-25/h2-15,22H,16-18H2,1H3. The number of carbonyl (C=O) groups is 1. The molecule has 3 aromatic rings. The van der Waals surface area contributed by atoms with Crippen molar-refractivity contribution in [3.8, 4) is 5.69 Å². The van der Waals surface area contributed by atoms with E-state index in [1.165, 1.54) is 17.0 Å². The highest BCUT2D eigenvalue weighted by molar-refractivity contribution is 7.94. The molecule has 1 amide bonds. The average Bonchev–Trinajstić information content (AvgIpc) is 3.42. The molecule has 33 heavy (non-hydrogen) atoms. The van der Waals surface area contributed by atoms with Gasteiger partial charge >= 0.3 is 0 Å². The molecule has 7 nitrogen and oxygen atoms in total. The van der Waals surface area contributed by atoms with Crippen molar-refractivity contribution in [2.24, 2.45) is 0 Å². The third kappa shape index (κ3) is 5.43. The van der Waals surface area contributed by atoms with Gasteiger partial charge in [0.2, 0.25) is 5.91 Å². The van der Waals surface area contributed by atoms with Crippen molar-refractivity contribution in [2.45, 2.75) is 23.9 Å². The summed E-state index contributed by atoms with van der Waals surface area (Å²) in [6.07, 6.45) is 6.52.